The molecule has 0 fully saturated rings. The summed E-state index contributed by atoms with van der Waals surface area (Å²) >= 11 is 3.80. The highest BCUT2D eigenvalue weighted by Crippen LogP contribution is 2.61. The highest BCUT2D eigenvalue weighted by Gasteiger charge is 2.52. The normalized spacial score (nSPS) is 22.2. The number of benzene rings is 3. The first-order chi connectivity index (χ1) is 13.7. The molecule has 2 aliphatic rings. The molecule has 3 aromatic rings. The minimum absolute atomic E-state index is 0.109. The standard InChI is InChI=1S/C25H23BrO2/c1-27-21-11-12-22(28-2)23-19(21)15-25(24(23)16-7-4-3-5-8-16)13-17-9-6-10-20(26)18(17)14-25/h3-12,24H,13-15H2,1-2H3/t24-,25-/m1/s1. The lowest BCUT2D eigenvalue weighted by Gasteiger charge is -2.32. The van der Waals surface area contributed by atoms with E-state index in [0.29, 0.717) is 0 Å². The van der Waals surface area contributed by atoms with Gasteiger partial charge < -0.3 is 9.47 Å². The molecule has 2 aliphatic carbocycles. The number of halogens is 1. The van der Waals surface area contributed by atoms with E-state index in [9.17, 15) is 0 Å². The zero-order valence-electron chi connectivity index (χ0n) is 16.2. The third-order valence-electron chi connectivity index (χ3n) is 6.56. The largest absolute Gasteiger partial charge is 0.496 e. The van der Waals surface area contributed by atoms with Crippen molar-refractivity contribution in [1.82, 2.24) is 0 Å². The summed E-state index contributed by atoms with van der Waals surface area (Å²) in [6.45, 7) is 0. The fourth-order valence-electron chi connectivity index (χ4n) is 5.51. The van der Waals surface area contributed by atoms with Gasteiger partial charge in [-0.05, 0) is 59.6 Å². The fourth-order valence-corrected chi connectivity index (χ4v) is 6.05. The van der Waals surface area contributed by atoms with E-state index in [1.165, 1.54) is 32.3 Å². The van der Waals surface area contributed by atoms with Crippen LogP contribution in [0.1, 0.15) is 33.7 Å². The first-order valence-corrected chi connectivity index (χ1v) is 10.5. The van der Waals surface area contributed by atoms with Crippen molar-refractivity contribution in [2.75, 3.05) is 14.2 Å². The number of rotatable bonds is 3. The lowest BCUT2D eigenvalue weighted by atomic mass is 9.70. The second kappa shape index (κ2) is 6.66. The van der Waals surface area contributed by atoms with Crippen LogP contribution in [-0.2, 0) is 19.3 Å². The van der Waals surface area contributed by atoms with Crippen molar-refractivity contribution >= 4 is 15.9 Å². The van der Waals surface area contributed by atoms with Gasteiger partial charge in [0.15, 0.2) is 0 Å². The lowest BCUT2D eigenvalue weighted by molar-refractivity contribution is 0.282. The van der Waals surface area contributed by atoms with E-state index in [0.717, 1.165) is 30.8 Å². The number of methoxy groups -OCH3 is 2. The van der Waals surface area contributed by atoms with Crippen LogP contribution in [0.15, 0.2) is 65.1 Å². The Labute approximate surface area is 174 Å². The summed E-state index contributed by atoms with van der Waals surface area (Å²) in [5.74, 6) is 2.23. The molecule has 5 rings (SSSR count). The molecule has 0 unspecified atom stereocenters. The summed E-state index contributed by atoms with van der Waals surface area (Å²) in [7, 11) is 3.54. The first-order valence-electron chi connectivity index (χ1n) is 9.72. The Balaban J connectivity index is 1.74. The van der Waals surface area contributed by atoms with E-state index < -0.39 is 0 Å². The van der Waals surface area contributed by atoms with Gasteiger partial charge >= 0.3 is 0 Å². The number of ether oxygens (including phenoxy) is 2. The summed E-state index contributed by atoms with van der Waals surface area (Å²) in [6.07, 6.45) is 3.13. The summed E-state index contributed by atoms with van der Waals surface area (Å²) < 4.78 is 12.9. The van der Waals surface area contributed by atoms with E-state index in [-0.39, 0.29) is 11.3 Å². The Morgan fingerprint density at radius 3 is 2.21 bits per heavy atom. The third kappa shape index (κ3) is 2.52. The Bertz CT molecular complexity index is 1040. The van der Waals surface area contributed by atoms with Crippen LogP contribution in [0.4, 0.5) is 0 Å². The van der Waals surface area contributed by atoms with Crippen molar-refractivity contribution in [3.8, 4) is 11.5 Å². The number of hydrogen-bond acceptors (Lipinski definition) is 2. The van der Waals surface area contributed by atoms with Gasteiger partial charge in [-0.3, -0.25) is 0 Å². The van der Waals surface area contributed by atoms with Gasteiger partial charge in [-0.1, -0.05) is 58.4 Å². The first kappa shape index (κ1) is 17.8. The number of hydrogen-bond donors (Lipinski definition) is 0. The van der Waals surface area contributed by atoms with E-state index in [4.69, 9.17) is 9.47 Å². The monoisotopic (exact) mass is 434 g/mol. The average molecular weight is 435 g/mol. The zero-order chi connectivity index (χ0) is 19.3. The van der Waals surface area contributed by atoms with E-state index >= 15 is 0 Å². The quantitative estimate of drug-likeness (QED) is 0.507. The SMILES string of the molecule is COc1ccc(OC)c2c1C[C@]1(Cc3cccc(Br)c3C1)[C@@H]2c1ccccc1. The summed E-state index contributed by atoms with van der Waals surface area (Å²) in [5, 5.41) is 0. The molecule has 2 nitrogen and oxygen atoms in total. The van der Waals surface area contributed by atoms with Crippen molar-refractivity contribution < 1.29 is 9.47 Å². The van der Waals surface area contributed by atoms with Crippen LogP contribution in [-0.4, -0.2) is 14.2 Å². The summed E-state index contributed by atoms with van der Waals surface area (Å²) in [5.41, 5.74) is 6.99. The Morgan fingerprint density at radius 2 is 1.50 bits per heavy atom. The van der Waals surface area contributed by atoms with E-state index in [2.05, 4.69) is 76.6 Å². The molecular formula is C25H23BrO2. The van der Waals surface area contributed by atoms with Crippen molar-refractivity contribution in [1.29, 1.82) is 0 Å². The molecule has 0 aromatic heterocycles. The second-order valence-electron chi connectivity index (χ2n) is 7.98. The van der Waals surface area contributed by atoms with Gasteiger partial charge in [0, 0.05) is 21.5 Å². The molecule has 0 N–H and O–H groups in total. The van der Waals surface area contributed by atoms with E-state index in [1.807, 2.05) is 0 Å². The minimum Gasteiger partial charge on any atom is -0.496 e. The topological polar surface area (TPSA) is 18.5 Å². The van der Waals surface area contributed by atoms with Crippen molar-refractivity contribution in [3.63, 3.8) is 0 Å². The third-order valence-corrected chi connectivity index (χ3v) is 7.31. The van der Waals surface area contributed by atoms with Crippen LogP contribution in [0.3, 0.4) is 0 Å². The molecule has 142 valence electrons. The number of fused-ring (bicyclic) bond motifs is 2. The zero-order valence-corrected chi connectivity index (χ0v) is 17.8. The van der Waals surface area contributed by atoms with Crippen LogP contribution < -0.4 is 9.47 Å². The second-order valence-corrected chi connectivity index (χ2v) is 8.83. The van der Waals surface area contributed by atoms with Crippen LogP contribution in [0.2, 0.25) is 0 Å². The maximum absolute atomic E-state index is 5.85. The van der Waals surface area contributed by atoms with Crippen LogP contribution in [0.5, 0.6) is 11.5 Å². The molecule has 1 spiro atoms. The van der Waals surface area contributed by atoms with Crippen molar-refractivity contribution in [2.24, 2.45) is 5.41 Å². The molecule has 0 saturated carbocycles. The minimum atomic E-state index is 0.109. The van der Waals surface area contributed by atoms with Crippen LogP contribution >= 0.6 is 15.9 Å². The van der Waals surface area contributed by atoms with Gasteiger partial charge in [-0.25, -0.2) is 0 Å². The van der Waals surface area contributed by atoms with Gasteiger partial charge in [0.25, 0.3) is 0 Å². The van der Waals surface area contributed by atoms with Gasteiger partial charge in [0.2, 0.25) is 0 Å². The van der Waals surface area contributed by atoms with Crippen LogP contribution in [0.25, 0.3) is 0 Å². The molecule has 0 bridgehead atoms. The average Bonchev–Trinajstić information content (AvgIpc) is 3.26. The molecule has 0 saturated heterocycles. The van der Waals surface area contributed by atoms with Crippen LogP contribution in [0, 0.1) is 5.41 Å². The highest BCUT2D eigenvalue weighted by molar-refractivity contribution is 9.10. The van der Waals surface area contributed by atoms with Gasteiger partial charge in [-0.15, -0.1) is 0 Å². The molecular weight excluding hydrogens is 412 g/mol. The lowest BCUT2D eigenvalue weighted by Crippen LogP contribution is -2.28. The van der Waals surface area contributed by atoms with Gasteiger partial charge in [0.1, 0.15) is 11.5 Å². The maximum Gasteiger partial charge on any atom is 0.123 e. The predicted molar refractivity (Wildman–Crippen MR) is 116 cm³/mol. The smallest absolute Gasteiger partial charge is 0.123 e. The Hall–Kier alpha value is -2.26. The molecule has 0 heterocycles. The Morgan fingerprint density at radius 1 is 0.786 bits per heavy atom. The molecule has 0 radical (unpaired) electrons. The van der Waals surface area contributed by atoms with Crippen molar-refractivity contribution in [3.05, 3.63) is 93.0 Å². The Kier molecular flexibility index (Phi) is 4.24. The molecule has 2 atom stereocenters. The molecule has 3 heteroatoms. The van der Waals surface area contributed by atoms with Gasteiger partial charge in [-0.2, -0.15) is 0 Å². The maximum atomic E-state index is 5.85. The van der Waals surface area contributed by atoms with Crippen molar-refractivity contribution in [2.45, 2.75) is 25.2 Å². The summed E-state index contributed by atoms with van der Waals surface area (Å²) in [4.78, 5) is 0. The summed E-state index contributed by atoms with van der Waals surface area (Å²) in [6, 6.07) is 21.6. The molecule has 0 aliphatic heterocycles. The fraction of sp³-hybridized carbons (Fsp3) is 0.280. The van der Waals surface area contributed by atoms with Gasteiger partial charge in [0.05, 0.1) is 14.2 Å². The molecule has 3 aromatic carbocycles. The predicted octanol–water partition coefficient (Wildman–Crippen LogP) is 5.94. The van der Waals surface area contributed by atoms with E-state index in [1.54, 1.807) is 14.2 Å². The highest BCUT2D eigenvalue weighted by atomic mass is 79.9. The molecule has 0 amide bonds. The molecule has 28 heavy (non-hydrogen) atoms.